The molecule has 3 nitrogen and oxygen atoms in total. The Balaban J connectivity index is 3.71. The van der Waals surface area contributed by atoms with Crippen molar-refractivity contribution in [1.29, 1.82) is 0 Å². The summed E-state index contributed by atoms with van der Waals surface area (Å²) < 4.78 is 17.6. The molecule has 7 heteroatoms. The number of hydrogen-bond acceptors (Lipinski definition) is 2. The first kappa shape index (κ1) is 12.5. The summed E-state index contributed by atoms with van der Waals surface area (Å²) in [6, 6.07) is 0.116. The first-order valence-electron chi connectivity index (χ1n) is 2.75. The van der Waals surface area contributed by atoms with Crippen molar-refractivity contribution in [2.24, 2.45) is 0 Å². The van der Waals surface area contributed by atoms with Crippen LogP contribution in [0.15, 0.2) is 0 Å². The van der Waals surface area contributed by atoms with Crippen LogP contribution in [0.4, 0.5) is 0 Å². The van der Waals surface area contributed by atoms with E-state index in [1.54, 1.807) is 0 Å². The molecule has 0 rings (SSSR count). The van der Waals surface area contributed by atoms with E-state index in [0.717, 1.165) is 0 Å². The van der Waals surface area contributed by atoms with Gasteiger partial charge in [-0.25, -0.2) is 13.1 Å². The average Bonchev–Trinajstić information content (AvgIpc) is 1.53. The maximum Gasteiger partial charge on any atom is 0.249 e. The van der Waals surface area contributed by atoms with Gasteiger partial charge in [-0.15, -0.1) is 0 Å². The second kappa shape index (κ2) is 5.29. The fraction of sp³-hybridized carbons (Fsp3) is 1.00. The van der Waals surface area contributed by atoms with Gasteiger partial charge in [0.1, 0.15) is 0 Å². The zero-order chi connectivity index (χ0) is 9.07. The van der Waals surface area contributed by atoms with Gasteiger partial charge in [0.15, 0.2) is 0 Å². The van der Waals surface area contributed by atoms with Crippen molar-refractivity contribution < 1.29 is 8.39 Å². The Morgan fingerprint density at radius 1 is 1.45 bits per heavy atom. The second-order valence-corrected chi connectivity index (χ2v) is 9.45. The number of alkyl halides is 3. The van der Waals surface area contributed by atoms with Crippen LogP contribution in [0.25, 0.3) is 0 Å². The first-order valence-corrected chi connectivity index (χ1v) is 6.21. The third-order valence-corrected chi connectivity index (χ3v) is 2.70. The Morgan fingerprint density at radius 2 is 1.91 bits per heavy atom. The zero-order valence-electron chi connectivity index (χ0n) is 5.94. The summed E-state index contributed by atoms with van der Waals surface area (Å²) in [7, 11) is 0. The molecule has 68 valence electrons. The van der Waals surface area contributed by atoms with Gasteiger partial charge < -0.3 is 0 Å². The van der Waals surface area contributed by atoms with E-state index in [2.05, 4.69) is 52.5 Å². The summed E-state index contributed by atoms with van der Waals surface area (Å²) in [6.07, 6.45) is 0. The minimum absolute atomic E-state index is 0.116. The molecule has 0 heterocycles. The summed E-state index contributed by atoms with van der Waals surface area (Å²) >= 11 is 7.63. The van der Waals surface area contributed by atoms with Crippen molar-refractivity contribution in [3.63, 3.8) is 0 Å². The predicted octanol–water partition coefficient (Wildman–Crippen LogP) is 2.38. The minimum atomic E-state index is -1.51. The second-order valence-electron chi connectivity index (χ2n) is 2.04. The van der Waals surface area contributed by atoms with E-state index in [-0.39, 0.29) is 6.04 Å². The lowest BCUT2D eigenvalue weighted by Gasteiger charge is -2.13. The molecule has 0 bridgehead atoms. The average molecular weight is 374 g/mol. The van der Waals surface area contributed by atoms with Crippen molar-refractivity contribution >= 4 is 59.1 Å². The zero-order valence-corrected chi connectivity index (χ0v) is 11.5. The van der Waals surface area contributed by atoms with Crippen LogP contribution in [-0.4, -0.2) is 12.6 Å². The molecule has 1 atom stereocenters. The van der Waals surface area contributed by atoms with Gasteiger partial charge in [0.25, 0.3) is 0 Å². The van der Waals surface area contributed by atoms with E-state index in [9.17, 15) is 4.21 Å². The lowest BCUT2D eigenvalue weighted by molar-refractivity contribution is 0.379. The van der Waals surface area contributed by atoms with Crippen LogP contribution in [0.3, 0.4) is 0 Å². The van der Waals surface area contributed by atoms with Gasteiger partial charge in [-0.2, -0.15) is 0 Å². The van der Waals surface area contributed by atoms with Crippen molar-refractivity contribution in [1.82, 2.24) is 4.72 Å². The molecule has 1 N–H and O–H groups in total. The molecule has 0 aliphatic heterocycles. The quantitative estimate of drug-likeness (QED) is 0.771. The molecule has 0 radical (unpaired) electrons. The van der Waals surface area contributed by atoms with Gasteiger partial charge >= 0.3 is 0 Å². The molecule has 0 saturated heterocycles. The summed E-state index contributed by atoms with van der Waals surface area (Å²) in [5.41, 5.74) is 0. The number of hydrogen-bond donors (Lipinski definition) is 1. The van der Waals surface area contributed by atoms with Gasteiger partial charge in [0, 0.05) is 6.04 Å². The summed E-state index contributed by atoms with van der Waals surface area (Å²) in [6.45, 7) is 3.75. The van der Waals surface area contributed by atoms with E-state index >= 15 is 0 Å². The molecule has 0 saturated carbocycles. The standard InChI is InChI=1S/C4H8Br3NO2S/c1-3(2)8-11(9)10-4(5,6)7/h3,8H,1-2H3. The van der Waals surface area contributed by atoms with Crippen LogP contribution in [-0.2, 0) is 15.4 Å². The Hall–Kier alpha value is 1.51. The van der Waals surface area contributed by atoms with Crippen LogP contribution in [0.1, 0.15) is 13.8 Å². The molecule has 1 unspecified atom stereocenters. The largest absolute Gasteiger partial charge is 0.249 e. The van der Waals surface area contributed by atoms with Crippen molar-refractivity contribution in [2.75, 3.05) is 0 Å². The lowest BCUT2D eigenvalue weighted by Crippen LogP contribution is -2.29. The Morgan fingerprint density at radius 3 is 2.18 bits per heavy atom. The molecule has 0 aliphatic rings. The predicted molar refractivity (Wildman–Crippen MR) is 57.0 cm³/mol. The van der Waals surface area contributed by atoms with E-state index in [1.807, 2.05) is 13.8 Å². The maximum atomic E-state index is 11.0. The van der Waals surface area contributed by atoms with Crippen molar-refractivity contribution in [2.45, 2.75) is 22.2 Å². The smallest absolute Gasteiger partial charge is 0.237 e. The molecule has 0 aromatic heterocycles. The molecular weight excluding hydrogens is 366 g/mol. The summed E-state index contributed by atoms with van der Waals surface area (Å²) in [5, 5.41) is 0. The number of rotatable bonds is 3. The maximum absolute atomic E-state index is 11.0. The third kappa shape index (κ3) is 9.42. The first-order chi connectivity index (χ1) is 4.81. The van der Waals surface area contributed by atoms with Crippen molar-refractivity contribution in [3.8, 4) is 0 Å². The van der Waals surface area contributed by atoms with Crippen LogP contribution in [0.5, 0.6) is 0 Å². The molecule has 0 fully saturated rings. The normalized spacial score (nSPS) is 15.5. The molecule has 0 aromatic rings. The highest BCUT2D eigenvalue weighted by molar-refractivity contribution is 9.39. The highest BCUT2D eigenvalue weighted by atomic mass is 80.0. The highest BCUT2D eigenvalue weighted by Gasteiger charge is 2.22. The van der Waals surface area contributed by atoms with Gasteiger partial charge in [-0.1, -0.05) is 0 Å². The van der Waals surface area contributed by atoms with Gasteiger partial charge in [0.2, 0.25) is 13.6 Å². The number of nitrogens with one attached hydrogen (secondary N) is 1. The van der Waals surface area contributed by atoms with Gasteiger partial charge in [-0.05, 0) is 61.6 Å². The molecular formula is C4H8Br3NO2S. The van der Waals surface area contributed by atoms with E-state index < -0.39 is 13.6 Å². The monoisotopic (exact) mass is 371 g/mol. The van der Waals surface area contributed by atoms with Crippen LogP contribution in [0, 0.1) is 0 Å². The third-order valence-electron chi connectivity index (χ3n) is 0.502. The minimum Gasteiger partial charge on any atom is -0.237 e. The molecule has 0 amide bonds. The fourth-order valence-corrected chi connectivity index (χ4v) is 1.99. The Bertz CT molecular complexity index is 147. The molecule has 0 aromatic carbocycles. The summed E-state index contributed by atoms with van der Waals surface area (Å²) in [5.74, 6) is 0. The van der Waals surface area contributed by atoms with E-state index in [1.165, 1.54) is 0 Å². The van der Waals surface area contributed by atoms with E-state index in [0.29, 0.717) is 0 Å². The Labute approximate surface area is 93.8 Å². The van der Waals surface area contributed by atoms with E-state index in [4.69, 9.17) is 4.18 Å². The van der Waals surface area contributed by atoms with Crippen LogP contribution in [0.2, 0.25) is 0 Å². The molecule has 0 spiro atoms. The summed E-state index contributed by atoms with van der Waals surface area (Å²) in [4.78, 5) is 0. The Kier molecular flexibility index (Phi) is 6.01. The molecule has 11 heavy (non-hydrogen) atoms. The van der Waals surface area contributed by atoms with Crippen molar-refractivity contribution in [3.05, 3.63) is 0 Å². The number of halogens is 3. The highest BCUT2D eigenvalue weighted by Crippen LogP contribution is 2.35. The topological polar surface area (TPSA) is 38.3 Å². The van der Waals surface area contributed by atoms with Crippen LogP contribution < -0.4 is 4.72 Å². The fourth-order valence-electron chi connectivity index (χ4n) is 0.302. The van der Waals surface area contributed by atoms with Gasteiger partial charge in [-0.3, -0.25) is 0 Å². The molecule has 0 aliphatic carbocycles. The van der Waals surface area contributed by atoms with Gasteiger partial charge in [0.05, 0.1) is 0 Å². The van der Waals surface area contributed by atoms with Crippen LogP contribution >= 0.6 is 47.8 Å². The lowest BCUT2D eigenvalue weighted by atomic mass is 10.4. The SMILES string of the molecule is CC(C)NS(=O)OC(Br)(Br)Br.